The van der Waals surface area contributed by atoms with Gasteiger partial charge in [-0.2, -0.15) is 13.2 Å². The molecule has 0 bridgehead atoms. The maximum atomic E-state index is 12.6. The number of aromatic nitrogens is 1. The van der Waals surface area contributed by atoms with E-state index in [2.05, 4.69) is 0 Å². The summed E-state index contributed by atoms with van der Waals surface area (Å²) in [4.78, 5) is 11.5. The molecule has 2 aromatic rings. The summed E-state index contributed by atoms with van der Waals surface area (Å²) < 4.78 is 39.5. The molecule has 1 aromatic heterocycles. The van der Waals surface area contributed by atoms with Crippen LogP contribution in [0.25, 0.3) is 0 Å². The zero-order valence-corrected chi connectivity index (χ0v) is 10.9. The zero-order valence-electron chi connectivity index (χ0n) is 10.9. The monoisotopic (exact) mass is 281 g/mol. The van der Waals surface area contributed by atoms with E-state index in [1.807, 2.05) is 0 Å². The minimum Gasteiger partial charge on any atom is -0.349 e. The van der Waals surface area contributed by atoms with Crippen LogP contribution in [0.2, 0.25) is 0 Å². The number of carbonyl (C=O) groups excluding carboxylic acids is 1. The average molecular weight is 281 g/mol. The molecule has 1 heterocycles. The maximum absolute atomic E-state index is 12.6. The molecule has 0 spiro atoms. The van der Waals surface area contributed by atoms with Gasteiger partial charge in [0, 0.05) is 30.9 Å². The molecule has 5 heteroatoms. The van der Waals surface area contributed by atoms with Gasteiger partial charge in [0.15, 0.2) is 5.78 Å². The quantitative estimate of drug-likeness (QED) is 0.772. The van der Waals surface area contributed by atoms with Crippen molar-refractivity contribution >= 4 is 5.78 Å². The Kier molecular flexibility index (Phi) is 3.97. The summed E-state index contributed by atoms with van der Waals surface area (Å²) >= 11 is 0. The summed E-state index contributed by atoms with van der Waals surface area (Å²) in [5.74, 6) is 0.0211. The first-order chi connectivity index (χ1) is 9.40. The van der Waals surface area contributed by atoms with Crippen molar-refractivity contribution in [3.8, 4) is 0 Å². The van der Waals surface area contributed by atoms with Gasteiger partial charge in [0.25, 0.3) is 0 Å². The van der Waals surface area contributed by atoms with Crippen molar-refractivity contribution in [1.82, 2.24) is 4.57 Å². The Hall–Kier alpha value is -2.04. The van der Waals surface area contributed by atoms with Crippen molar-refractivity contribution in [2.75, 3.05) is 0 Å². The fourth-order valence-corrected chi connectivity index (χ4v) is 1.96. The first-order valence-corrected chi connectivity index (χ1v) is 6.25. The van der Waals surface area contributed by atoms with Crippen molar-refractivity contribution in [1.29, 1.82) is 0 Å². The smallest absolute Gasteiger partial charge is 0.349 e. The second-order valence-electron chi connectivity index (χ2n) is 4.55. The Morgan fingerprint density at radius 1 is 1.25 bits per heavy atom. The lowest BCUT2D eigenvalue weighted by atomic mass is 10.1. The maximum Gasteiger partial charge on any atom is 0.416 e. The molecular formula is C15H14F3NO. The van der Waals surface area contributed by atoms with Crippen LogP contribution in [-0.2, 0) is 12.7 Å². The van der Waals surface area contributed by atoms with Crippen LogP contribution in [0.5, 0.6) is 0 Å². The summed E-state index contributed by atoms with van der Waals surface area (Å²) in [7, 11) is 0. The topological polar surface area (TPSA) is 22.0 Å². The number of hydrogen-bond acceptors (Lipinski definition) is 1. The van der Waals surface area contributed by atoms with E-state index in [-0.39, 0.29) is 5.78 Å². The van der Waals surface area contributed by atoms with Crippen LogP contribution >= 0.6 is 0 Å². The van der Waals surface area contributed by atoms with E-state index in [0.717, 1.165) is 12.1 Å². The minimum absolute atomic E-state index is 0.0211. The van der Waals surface area contributed by atoms with Crippen LogP contribution in [0.15, 0.2) is 42.7 Å². The number of hydrogen-bond donors (Lipinski definition) is 0. The first-order valence-electron chi connectivity index (χ1n) is 6.25. The van der Waals surface area contributed by atoms with Gasteiger partial charge < -0.3 is 4.57 Å². The molecule has 0 fully saturated rings. The fourth-order valence-electron chi connectivity index (χ4n) is 1.96. The van der Waals surface area contributed by atoms with E-state index in [9.17, 15) is 18.0 Å². The van der Waals surface area contributed by atoms with E-state index in [4.69, 9.17) is 0 Å². The summed E-state index contributed by atoms with van der Waals surface area (Å²) in [6.07, 6.45) is -0.571. The van der Waals surface area contributed by atoms with Gasteiger partial charge in [0.2, 0.25) is 0 Å². The summed E-state index contributed by atoms with van der Waals surface area (Å²) in [5.41, 5.74) is 0.470. The second kappa shape index (κ2) is 5.53. The molecule has 0 radical (unpaired) electrons. The fraction of sp³-hybridized carbons (Fsp3) is 0.267. The van der Waals surface area contributed by atoms with E-state index in [1.165, 1.54) is 6.07 Å². The normalized spacial score (nSPS) is 11.6. The number of nitrogens with zero attached hydrogens (tertiary/aromatic N) is 1. The number of benzene rings is 1. The summed E-state index contributed by atoms with van der Waals surface area (Å²) in [5, 5.41) is 0. The summed E-state index contributed by atoms with van der Waals surface area (Å²) in [6, 6.07) is 6.88. The van der Waals surface area contributed by atoms with Gasteiger partial charge in [-0.3, -0.25) is 4.79 Å². The predicted octanol–water partition coefficient (Wildman–Crippen LogP) is 4.15. The van der Waals surface area contributed by atoms with Gasteiger partial charge in [-0.25, -0.2) is 0 Å². The Labute approximate surface area is 114 Å². The van der Waals surface area contributed by atoms with Crippen molar-refractivity contribution < 1.29 is 18.0 Å². The highest BCUT2D eigenvalue weighted by Gasteiger charge is 2.30. The van der Waals surface area contributed by atoms with Crippen molar-refractivity contribution in [3.63, 3.8) is 0 Å². The average Bonchev–Trinajstić information content (AvgIpc) is 2.85. The molecule has 0 aliphatic carbocycles. The van der Waals surface area contributed by atoms with Gasteiger partial charge in [-0.15, -0.1) is 0 Å². The third kappa shape index (κ3) is 3.29. The van der Waals surface area contributed by atoms with Gasteiger partial charge >= 0.3 is 6.18 Å². The zero-order chi connectivity index (χ0) is 14.8. The molecule has 2 nitrogen and oxygen atoms in total. The molecule has 0 aliphatic rings. The Bertz CT molecular complexity index is 614. The lowest BCUT2D eigenvalue weighted by Gasteiger charge is -2.09. The molecule has 0 amide bonds. The Morgan fingerprint density at radius 2 is 2.00 bits per heavy atom. The number of Topliss-reactive ketones (excluding diaryl/α,β-unsaturated/α-hetero) is 1. The van der Waals surface area contributed by atoms with Crippen molar-refractivity contribution in [2.24, 2.45) is 0 Å². The van der Waals surface area contributed by atoms with Crippen molar-refractivity contribution in [2.45, 2.75) is 26.1 Å². The number of carbonyl (C=O) groups is 1. The van der Waals surface area contributed by atoms with Crippen LogP contribution < -0.4 is 0 Å². The highest BCUT2D eigenvalue weighted by Crippen LogP contribution is 2.29. The van der Waals surface area contributed by atoms with Gasteiger partial charge in [0.05, 0.1) is 5.56 Å². The molecule has 0 unspecified atom stereocenters. The lowest BCUT2D eigenvalue weighted by Crippen LogP contribution is -2.06. The SMILES string of the molecule is CCC(=O)c1ccn(Cc2cccc(C(F)(F)F)c2)c1. The molecule has 20 heavy (non-hydrogen) atoms. The third-order valence-corrected chi connectivity index (χ3v) is 3.01. The molecule has 106 valence electrons. The Balaban J connectivity index is 2.18. The standard InChI is InChI=1S/C15H14F3NO/c1-2-14(20)12-6-7-19(10-12)9-11-4-3-5-13(8-11)15(16,17)18/h3-8,10H,2,9H2,1H3. The van der Waals surface area contributed by atoms with Crippen LogP contribution in [0.3, 0.4) is 0 Å². The predicted molar refractivity (Wildman–Crippen MR) is 69.6 cm³/mol. The van der Waals surface area contributed by atoms with Gasteiger partial charge in [0.1, 0.15) is 0 Å². The number of rotatable bonds is 4. The molecule has 0 N–H and O–H groups in total. The third-order valence-electron chi connectivity index (χ3n) is 3.01. The lowest BCUT2D eigenvalue weighted by molar-refractivity contribution is -0.137. The van der Waals surface area contributed by atoms with Crippen LogP contribution in [0.1, 0.15) is 34.8 Å². The van der Waals surface area contributed by atoms with E-state index in [1.54, 1.807) is 36.0 Å². The number of alkyl halides is 3. The van der Waals surface area contributed by atoms with Gasteiger partial charge in [-0.05, 0) is 23.8 Å². The number of halogens is 3. The molecule has 1 aromatic carbocycles. The molecule has 0 saturated carbocycles. The van der Waals surface area contributed by atoms with E-state index >= 15 is 0 Å². The second-order valence-corrected chi connectivity index (χ2v) is 4.55. The largest absolute Gasteiger partial charge is 0.416 e. The van der Waals surface area contributed by atoms with E-state index in [0.29, 0.717) is 24.1 Å². The van der Waals surface area contributed by atoms with E-state index < -0.39 is 11.7 Å². The molecular weight excluding hydrogens is 267 g/mol. The molecule has 0 atom stereocenters. The Morgan fingerprint density at radius 3 is 2.65 bits per heavy atom. The van der Waals surface area contributed by atoms with Gasteiger partial charge in [-0.1, -0.05) is 19.1 Å². The van der Waals surface area contributed by atoms with Crippen LogP contribution in [0, 0.1) is 0 Å². The number of ketones is 1. The molecule has 2 rings (SSSR count). The highest BCUT2D eigenvalue weighted by molar-refractivity contribution is 5.95. The minimum atomic E-state index is -4.34. The van der Waals surface area contributed by atoms with Crippen LogP contribution in [0.4, 0.5) is 13.2 Å². The molecule has 0 saturated heterocycles. The van der Waals surface area contributed by atoms with Crippen LogP contribution in [-0.4, -0.2) is 10.4 Å². The summed E-state index contributed by atoms with van der Waals surface area (Å²) in [6.45, 7) is 2.08. The van der Waals surface area contributed by atoms with Crippen molar-refractivity contribution in [3.05, 3.63) is 59.4 Å². The molecule has 0 aliphatic heterocycles. The first kappa shape index (κ1) is 14.4. The highest BCUT2D eigenvalue weighted by atomic mass is 19.4.